The minimum atomic E-state index is -0.334. The Morgan fingerprint density at radius 2 is 1.80 bits per heavy atom. The standard InChI is InChI=1S/C26H27FN6O2/c1-31-17-29-22-23(30-33(24(22)26(31)35)21-5-3-2-4-6-21)25(34)28-15-18-11-13-32(14-12-18)16-19-7-9-20(27)10-8-19/h2-10,17-18H,11-16H2,1H3,(H,28,34). The third-order valence-electron chi connectivity index (χ3n) is 6.54. The maximum Gasteiger partial charge on any atom is 0.279 e. The van der Waals surface area contributed by atoms with Gasteiger partial charge in [0.25, 0.3) is 11.5 Å². The second-order valence-corrected chi connectivity index (χ2v) is 9.01. The molecule has 3 heterocycles. The summed E-state index contributed by atoms with van der Waals surface area (Å²) in [6, 6.07) is 15.9. The molecule has 1 amide bonds. The first-order chi connectivity index (χ1) is 17.0. The van der Waals surface area contributed by atoms with E-state index in [1.54, 1.807) is 7.05 Å². The molecule has 0 spiro atoms. The number of hydrogen-bond donors (Lipinski definition) is 1. The topological polar surface area (TPSA) is 85.1 Å². The van der Waals surface area contributed by atoms with Crippen LogP contribution in [0.15, 0.2) is 65.7 Å². The zero-order valence-electron chi connectivity index (χ0n) is 19.5. The lowest BCUT2D eigenvalue weighted by atomic mass is 9.96. The van der Waals surface area contributed by atoms with Gasteiger partial charge in [0, 0.05) is 20.1 Å². The molecule has 0 atom stereocenters. The van der Waals surface area contributed by atoms with E-state index in [0.717, 1.165) is 38.0 Å². The summed E-state index contributed by atoms with van der Waals surface area (Å²) in [7, 11) is 1.62. The lowest BCUT2D eigenvalue weighted by molar-refractivity contribution is 0.0931. The van der Waals surface area contributed by atoms with Gasteiger partial charge >= 0.3 is 0 Å². The fourth-order valence-corrected chi connectivity index (χ4v) is 4.51. The van der Waals surface area contributed by atoms with Crippen LogP contribution in [-0.2, 0) is 13.6 Å². The fourth-order valence-electron chi connectivity index (χ4n) is 4.51. The number of halogens is 1. The number of nitrogens with one attached hydrogen (secondary N) is 1. The van der Waals surface area contributed by atoms with Gasteiger partial charge in [0.1, 0.15) is 11.3 Å². The van der Waals surface area contributed by atoms with Crippen molar-refractivity contribution in [3.05, 3.63) is 88.4 Å². The average Bonchev–Trinajstić information content (AvgIpc) is 3.28. The first-order valence-corrected chi connectivity index (χ1v) is 11.7. The van der Waals surface area contributed by atoms with E-state index < -0.39 is 0 Å². The number of likely N-dealkylation sites (tertiary alicyclic amines) is 1. The number of benzene rings is 2. The summed E-state index contributed by atoms with van der Waals surface area (Å²) in [5.41, 5.74) is 2.24. The normalized spacial score (nSPS) is 14.9. The van der Waals surface area contributed by atoms with Crippen molar-refractivity contribution in [2.24, 2.45) is 13.0 Å². The molecule has 1 fully saturated rings. The molecule has 180 valence electrons. The Morgan fingerprint density at radius 1 is 1.09 bits per heavy atom. The lowest BCUT2D eigenvalue weighted by Gasteiger charge is -2.32. The van der Waals surface area contributed by atoms with Crippen LogP contribution in [0, 0.1) is 11.7 Å². The van der Waals surface area contributed by atoms with Crippen molar-refractivity contribution in [1.29, 1.82) is 0 Å². The maximum atomic E-state index is 13.1. The predicted molar refractivity (Wildman–Crippen MR) is 131 cm³/mol. The van der Waals surface area contributed by atoms with E-state index in [-0.39, 0.29) is 28.5 Å². The highest BCUT2D eigenvalue weighted by molar-refractivity contribution is 6.03. The Labute approximate surface area is 202 Å². The highest BCUT2D eigenvalue weighted by atomic mass is 19.1. The van der Waals surface area contributed by atoms with Crippen LogP contribution in [0.1, 0.15) is 28.9 Å². The van der Waals surface area contributed by atoms with Crippen molar-refractivity contribution in [2.45, 2.75) is 19.4 Å². The third-order valence-corrected chi connectivity index (χ3v) is 6.54. The van der Waals surface area contributed by atoms with E-state index in [1.807, 2.05) is 42.5 Å². The van der Waals surface area contributed by atoms with Crippen molar-refractivity contribution in [3.63, 3.8) is 0 Å². The lowest BCUT2D eigenvalue weighted by Crippen LogP contribution is -2.38. The molecule has 0 unspecified atom stereocenters. The van der Waals surface area contributed by atoms with Gasteiger partial charge in [-0.3, -0.25) is 14.5 Å². The van der Waals surface area contributed by atoms with Crippen molar-refractivity contribution >= 4 is 16.9 Å². The smallest absolute Gasteiger partial charge is 0.279 e. The van der Waals surface area contributed by atoms with Crippen LogP contribution in [0.2, 0.25) is 0 Å². The molecular weight excluding hydrogens is 447 g/mol. The molecule has 0 saturated carbocycles. The number of aryl methyl sites for hydroxylation is 1. The van der Waals surface area contributed by atoms with E-state index in [9.17, 15) is 14.0 Å². The van der Waals surface area contributed by atoms with Crippen LogP contribution in [0.5, 0.6) is 0 Å². The summed E-state index contributed by atoms with van der Waals surface area (Å²) in [4.78, 5) is 32.6. The number of carbonyl (C=O) groups is 1. The molecule has 1 aliphatic heterocycles. The summed E-state index contributed by atoms with van der Waals surface area (Å²) in [5.74, 6) is -0.203. The van der Waals surface area contributed by atoms with Gasteiger partial charge in [-0.1, -0.05) is 30.3 Å². The molecule has 8 nitrogen and oxygen atoms in total. The molecule has 4 aromatic rings. The number of amides is 1. The molecule has 0 bridgehead atoms. The van der Waals surface area contributed by atoms with Gasteiger partial charge in [-0.15, -0.1) is 0 Å². The van der Waals surface area contributed by atoms with Gasteiger partial charge in [0.2, 0.25) is 0 Å². The minimum Gasteiger partial charge on any atom is -0.350 e. The molecule has 2 aromatic heterocycles. The van der Waals surface area contributed by atoms with Gasteiger partial charge in [-0.2, -0.15) is 5.10 Å². The number of fused-ring (bicyclic) bond motifs is 1. The van der Waals surface area contributed by atoms with E-state index >= 15 is 0 Å². The quantitative estimate of drug-likeness (QED) is 0.465. The van der Waals surface area contributed by atoms with Gasteiger partial charge in [0.05, 0.1) is 12.0 Å². The van der Waals surface area contributed by atoms with Crippen molar-refractivity contribution in [1.82, 2.24) is 29.5 Å². The van der Waals surface area contributed by atoms with E-state index in [4.69, 9.17) is 0 Å². The van der Waals surface area contributed by atoms with Gasteiger partial charge in [-0.05, 0) is 61.7 Å². The Hall–Kier alpha value is -3.85. The number of carbonyl (C=O) groups excluding carboxylic acids is 1. The van der Waals surface area contributed by atoms with Crippen molar-refractivity contribution in [3.8, 4) is 5.69 Å². The molecule has 35 heavy (non-hydrogen) atoms. The van der Waals surface area contributed by atoms with Crippen LogP contribution < -0.4 is 10.9 Å². The summed E-state index contributed by atoms with van der Waals surface area (Å²) in [6.45, 7) is 3.17. The SMILES string of the molecule is Cn1cnc2c(C(=O)NCC3CCN(Cc4ccc(F)cc4)CC3)nn(-c3ccccc3)c2c1=O. The molecule has 9 heteroatoms. The van der Waals surface area contributed by atoms with E-state index in [0.29, 0.717) is 23.7 Å². The van der Waals surface area contributed by atoms with E-state index in [2.05, 4.69) is 20.3 Å². The first-order valence-electron chi connectivity index (χ1n) is 11.7. The van der Waals surface area contributed by atoms with Gasteiger partial charge < -0.3 is 9.88 Å². The Bertz CT molecular complexity index is 1390. The number of para-hydroxylation sites is 1. The van der Waals surface area contributed by atoms with Gasteiger partial charge in [-0.25, -0.2) is 14.1 Å². The molecule has 1 saturated heterocycles. The molecule has 2 aromatic carbocycles. The van der Waals surface area contributed by atoms with Gasteiger partial charge in [0.15, 0.2) is 11.2 Å². The monoisotopic (exact) mass is 474 g/mol. The number of nitrogens with zero attached hydrogens (tertiary/aromatic N) is 5. The highest BCUT2D eigenvalue weighted by Gasteiger charge is 2.24. The Kier molecular flexibility index (Phi) is 6.41. The Morgan fingerprint density at radius 3 is 2.51 bits per heavy atom. The van der Waals surface area contributed by atoms with Crippen LogP contribution in [0.25, 0.3) is 16.7 Å². The van der Waals surface area contributed by atoms with Crippen LogP contribution >= 0.6 is 0 Å². The second kappa shape index (κ2) is 9.79. The summed E-state index contributed by atoms with van der Waals surface area (Å²) >= 11 is 0. The minimum absolute atomic E-state index is 0.148. The van der Waals surface area contributed by atoms with Crippen LogP contribution in [0.3, 0.4) is 0 Å². The number of aromatic nitrogens is 4. The molecule has 5 rings (SSSR count). The summed E-state index contributed by atoms with van der Waals surface area (Å²) in [5, 5.41) is 7.49. The highest BCUT2D eigenvalue weighted by Crippen LogP contribution is 2.20. The number of piperidine rings is 1. The third kappa shape index (κ3) is 4.85. The molecular formula is C26H27FN6O2. The van der Waals surface area contributed by atoms with Crippen molar-refractivity contribution in [2.75, 3.05) is 19.6 Å². The van der Waals surface area contributed by atoms with E-state index in [1.165, 1.54) is 27.7 Å². The average molecular weight is 475 g/mol. The second-order valence-electron chi connectivity index (χ2n) is 9.01. The zero-order chi connectivity index (χ0) is 24.4. The fraction of sp³-hybridized carbons (Fsp3) is 0.308. The largest absolute Gasteiger partial charge is 0.350 e. The number of rotatable bonds is 6. The maximum absolute atomic E-state index is 13.1. The molecule has 1 N–H and O–H groups in total. The van der Waals surface area contributed by atoms with Crippen LogP contribution in [-0.4, -0.2) is 49.8 Å². The zero-order valence-corrected chi connectivity index (χ0v) is 19.5. The van der Waals surface area contributed by atoms with Crippen LogP contribution in [0.4, 0.5) is 4.39 Å². The summed E-state index contributed by atoms with van der Waals surface area (Å²) in [6.07, 6.45) is 3.33. The van der Waals surface area contributed by atoms with Crippen molar-refractivity contribution < 1.29 is 9.18 Å². The summed E-state index contributed by atoms with van der Waals surface area (Å²) < 4.78 is 16.0. The Balaban J connectivity index is 1.26. The molecule has 0 radical (unpaired) electrons. The number of hydrogen-bond acceptors (Lipinski definition) is 5. The molecule has 1 aliphatic rings. The predicted octanol–water partition coefficient (Wildman–Crippen LogP) is 2.90. The first kappa shape index (κ1) is 22.9. The molecule has 0 aliphatic carbocycles.